The van der Waals surface area contributed by atoms with Gasteiger partial charge in [0.1, 0.15) is 23.7 Å². The number of nitrogens with one attached hydrogen (secondary N) is 1. The van der Waals surface area contributed by atoms with Crippen LogP contribution in [0.1, 0.15) is 16.1 Å². The number of carbonyl (C=O) groups is 2. The van der Waals surface area contributed by atoms with Crippen molar-refractivity contribution >= 4 is 23.3 Å². The number of ether oxygens (including phenoxy) is 1. The van der Waals surface area contributed by atoms with Gasteiger partial charge in [-0.15, -0.1) is 0 Å². The van der Waals surface area contributed by atoms with Crippen molar-refractivity contribution in [1.29, 1.82) is 0 Å². The van der Waals surface area contributed by atoms with Crippen molar-refractivity contribution in [2.45, 2.75) is 12.7 Å². The first-order valence-electron chi connectivity index (χ1n) is 8.72. The minimum atomic E-state index is -4.61. The average Bonchev–Trinajstić information content (AvgIpc) is 3.15. The number of benzene rings is 2. The van der Waals surface area contributed by atoms with Crippen molar-refractivity contribution in [3.63, 3.8) is 0 Å². The Kier molecular flexibility index (Phi) is 6.09. The third-order valence-electron chi connectivity index (χ3n) is 4.01. The van der Waals surface area contributed by atoms with Crippen LogP contribution >= 0.6 is 0 Å². The van der Waals surface area contributed by atoms with E-state index in [1.54, 1.807) is 0 Å². The average molecular weight is 450 g/mol. The van der Waals surface area contributed by atoms with Gasteiger partial charge < -0.3 is 15.2 Å². The highest BCUT2D eigenvalue weighted by molar-refractivity contribution is 5.92. The molecule has 3 rings (SSSR count). The van der Waals surface area contributed by atoms with E-state index in [0.717, 1.165) is 35.0 Å². The second-order valence-corrected chi connectivity index (χ2v) is 6.33. The summed E-state index contributed by atoms with van der Waals surface area (Å²) in [6.45, 7) is -0.499. The molecule has 0 bridgehead atoms. The van der Waals surface area contributed by atoms with E-state index in [1.165, 1.54) is 24.4 Å². The predicted molar refractivity (Wildman–Crippen MR) is 102 cm³/mol. The number of alkyl halides is 3. The molecule has 0 atom stereocenters. The Hall–Kier alpha value is -4.42. The van der Waals surface area contributed by atoms with E-state index in [9.17, 15) is 32.9 Å². The first-order chi connectivity index (χ1) is 15.0. The lowest BCUT2D eigenvalue weighted by molar-refractivity contribution is -0.384. The zero-order valence-corrected chi connectivity index (χ0v) is 15.9. The molecule has 2 aromatic carbocycles. The highest BCUT2D eigenvalue weighted by atomic mass is 19.4. The molecule has 0 aliphatic carbocycles. The van der Waals surface area contributed by atoms with Crippen LogP contribution in [-0.2, 0) is 17.5 Å². The van der Waals surface area contributed by atoms with E-state index in [-0.39, 0.29) is 22.9 Å². The van der Waals surface area contributed by atoms with Crippen molar-refractivity contribution < 1.29 is 37.5 Å². The Balaban J connectivity index is 1.83. The van der Waals surface area contributed by atoms with Crippen LogP contribution in [0.5, 0.6) is 11.5 Å². The summed E-state index contributed by atoms with van der Waals surface area (Å²) >= 11 is 0. The van der Waals surface area contributed by atoms with Gasteiger partial charge >= 0.3 is 12.1 Å². The van der Waals surface area contributed by atoms with Gasteiger partial charge in [-0.25, -0.2) is 9.48 Å². The molecule has 0 aliphatic heterocycles. The van der Waals surface area contributed by atoms with Crippen LogP contribution in [0.4, 0.5) is 24.5 Å². The van der Waals surface area contributed by atoms with Gasteiger partial charge in [-0.05, 0) is 24.3 Å². The normalized spacial score (nSPS) is 11.1. The van der Waals surface area contributed by atoms with Gasteiger partial charge in [0.25, 0.3) is 5.69 Å². The molecule has 0 aliphatic rings. The Labute approximate surface area is 177 Å². The van der Waals surface area contributed by atoms with Gasteiger partial charge in [-0.2, -0.15) is 18.3 Å². The number of amides is 1. The van der Waals surface area contributed by atoms with Crippen molar-refractivity contribution in [3.8, 4) is 11.5 Å². The number of non-ortho nitro benzene ring substituents is 1. The highest BCUT2D eigenvalue weighted by Crippen LogP contribution is 2.34. The molecule has 0 spiro atoms. The van der Waals surface area contributed by atoms with Crippen LogP contribution in [0.15, 0.2) is 54.7 Å². The Morgan fingerprint density at radius 1 is 1.16 bits per heavy atom. The second kappa shape index (κ2) is 8.75. The molecule has 0 saturated heterocycles. The Bertz CT molecular complexity index is 1190. The summed E-state index contributed by atoms with van der Waals surface area (Å²) in [5.74, 6) is -2.47. The number of halogens is 3. The summed E-state index contributed by atoms with van der Waals surface area (Å²) < 4.78 is 44.9. The number of aromatic carboxylic acids is 1. The van der Waals surface area contributed by atoms with Gasteiger partial charge in [0, 0.05) is 18.3 Å². The van der Waals surface area contributed by atoms with E-state index in [0.29, 0.717) is 0 Å². The van der Waals surface area contributed by atoms with Gasteiger partial charge in [-0.1, -0.05) is 6.07 Å². The van der Waals surface area contributed by atoms with E-state index < -0.39 is 40.8 Å². The molecule has 0 unspecified atom stereocenters. The molecule has 0 fully saturated rings. The standard InChI is InChI=1S/C19H13F3N4O6/c20-19(21,22)11-2-1-3-14(6-11)32-15-8-12(7-13(9-15)26(30)31)24-17(27)10-25-16(18(28)29)4-5-23-25/h1-9H,10H2,(H,24,27)(H,28,29). The maximum Gasteiger partial charge on any atom is 0.416 e. The van der Waals surface area contributed by atoms with Gasteiger partial charge in [0.05, 0.1) is 22.2 Å². The zero-order valence-electron chi connectivity index (χ0n) is 15.9. The quantitative estimate of drug-likeness (QED) is 0.411. The number of anilines is 1. The molecule has 0 radical (unpaired) electrons. The molecule has 0 saturated carbocycles. The van der Waals surface area contributed by atoms with Gasteiger partial charge in [-0.3, -0.25) is 14.9 Å². The van der Waals surface area contributed by atoms with Crippen LogP contribution in [0.25, 0.3) is 0 Å². The molecule has 2 N–H and O–H groups in total. The lowest BCUT2D eigenvalue weighted by Crippen LogP contribution is -2.22. The van der Waals surface area contributed by atoms with Crippen molar-refractivity contribution in [3.05, 3.63) is 76.1 Å². The number of rotatable bonds is 7. The monoisotopic (exact) mass is 450 g/mol. The number of nitro benzene ring substituents is 1. The first-order valence-corrected chi connectivity index (χ1v) is 8.72. The fourth-order valence-electron chi connectivity index (χ4n) is 2.67. The molecule has 1 amide bonds. The molecule has 13 heteroatoms. The van der Waals surface area contributed by atoms with Crippen molar-refractivity contribution in [2.75, 3.05) is 5.32 Å². The number of nitro groups is 1. The number of aromatic nitrogens is 2. The van der Waals surface area contributed by atoms with E-state index in [4.69, 9.17) is 9.84 Å². The Morgan fingerprint density at radius 2 is 1.91 bits per heavy atom. The van der Waals surface area contributed by atoms with E-state index in [2.05, 4.69) is 10.4 Å². The summed E-state index contributed by atoms with van der Waals surface area (Å²) in [5.41, 5.74) is -1.79. The topological polar surface area (TPSA) is 137 Å². The fraction of sp³-hybridized carbons (Fsp3) is 0.105. The zero-order chi connectivity index (χ0) is 23.5. The molecule has 10 nitrogen and oxygen atoms in total. The fourth-order valence-corrected chi connectivity index (χ4v) is 2.67. The van der Waals surface area contributed by atoms with Crippen molar-refractivity contribution in [2.24, 2.45) is 0 Å². The number of nitrogens with zero attached hydrogens (tertiary/aromatic N) is 3. The number of carboxylic acid groups (broad SMARTS) is 1. The lowest BCUT2D eigenvalue weighted by Gasteiger charge is -2.12. The van der Waals surface area contributed by atoms with Gasteiger partial charge in [0.15, 0.2) is 0 Å². The minimum Gasteiger partial charge on any atom is -0.477 e. The van der Waals surface area contributed by atoms with Crippen LogP contribution < -0.4 is 10.1 Å². The third kappa shape index (κ3) is 5.38. The summed E-state index contributed by atoms with van der Waals surface area (Å²) in [7, 11) is 0. The molecular weight excluding hydrogens is 437 g/mol. The molecule has 32 heavy (non-hydrogen) atoms. The maximum atomic E-state index is 12.9. The highest BCUT2D eigenvalue weighted by Gasteiger charge is 2.30. The van der Waals surface area contributed by atoms with E-state index >= 15 is 0 Å². The van der Waals surface area contributed by atoms with Crippen LogP contribution in [0.3, 0.4) is 0 Å². The summed E-state index contributed by atoms with van der Waals surface area (Å²) in [6, 6.07) is 8.26. The number of carbonyl (C=O) groups excluding carboxylic acids is 1. The number of hydrogen-bond donors (Lipinski definition) is 2. The second-order valence-electron chi connectivity index (χ2n) is 6.33. The van der Waals surface area contributed by atoms with Crippen LogP contribution in [0.2, 0.25) is 0 Å². The predicted octanol–water partition coefficient (Wildman–Crippen LogP) is 3.94. The van der Waals surface area contributed by atoms with E-state index in [1.807, 2.05) is 0 Å². The summed E-state index contributed by atoms with van der Waals surface area (Å²) in [4.78, 5) is 33.8. The third-order valence-corrected chi connectivity index (χ3v) is 4.01. The Morgan fingerprint density at radius 3 is 2.56 bits per heavy atom. The number of carboxylic acids is 1. The minimum absolute atomic E-state index is 0.0878. The summed E-state index contributed by atoms with van der Waals surface area (Å²) in [5, 5.41) is 26.3. The first kappa shape index (κ1) is 22.3. The van der Waals surface area contributed by atoms with Gasteiger partial charge in [0.2, 0.25) is 5.91 Å². The molecule has 3 aromatic rings. The SMILES string of the molecule is O=C(Cn1nccc1C(=O)O)Nc1cc(Oc2cccc(C(F)(F)F)c2)cc([N+](=O)[O-])c1. The molecule has 166 valence electrons. The number of hydrogen-bond acceptors (Lipinski definition) is 6. The smallest absolute Gasteiger partial charge is 0.416 e. The molecule has 1 heterocycles. The maximum absolute atomic E-state index is 12.9. The van der Waals surface area contributed by atoms with Crippen LogP contribution in [-0.4, -0.2) is 31.7 Å². The lowest BCUT2D eigenvalue weighted by atomic mass is 10.2. The van der Waals surface area contributed by atoms with Crippen molar-refractivity contribution in [1.82, 2.24) is 9.78 Å². The summed E-state index contributed by atoms with van der Waals surface area (Å²) in [6.07, 6.45) is -3.42. The molecule has 1 aromatic heterocycles. The largest absolute Gasteiger partial charge is 0.477 e. The van der Waals surface area contributed by atoms with Crippen LogP contribution in [0, 0.1) is 10.1 Å². The molecular formula is C19H13F3N4O6.